The number of halogens is 1. The van der Waals surface area contributed by atoms with Gasteiger partial charge in [-0.1, -0.05) is 23.7 Å². The van der Waals surface area contributed by atoms with Crippen molar-refractivity contribution < 1.29 is 0 Å². The Morgan fingerprint density at radius 2 is 2.21 bits per heavy atom. The molecule has 19 heavy (non-hydrogen) atoms. The second kappa shape index (κ2) is 6.08. The van der Waals surface area contributed by atoms with Gasteiger partial charge in [0.1, 0.15) is 10.9 Å². The summed E-state index contributed by atoms with van der Waals surface area (Å²) < 4.78 is 0. The maximum Gasteiger partial charge on any atom is 0.122 e. The fourth-order valence-electron chi connectivity index (χ4n) is 1.65. The van der Waals surface area contributed by atoms with Gasteiger partial charge in [0.2, 0.25) is 0 Å². The van der Waals surface area contributed by atoms with Crippen molar-refractivity contribution in [2.24, 2.45) is 5.73 Å². The summed E-state index contributed by atoms with van der Waals surface area (Å²) in [4.78, 5) is 4.25. The van der Waals surface area contributed by atoms with E-state index in [4.69, 9.17) is 22.7 Å². The van der Waals surface area contributed by atoms with Crippen molar-refractivity contribution in [2.75, 3.05) is 0 Å². The van der Waals surface area contributed by atoms with Gasteiger partial charge in [-0.25, -0.2) is 4.98 Å². The van der Waals surface area contributed by atoms with Crippen LogP contribution < -0.4 is 5.73 Å². The molecule has 0 spiro atoms. The monoisotopic (exact) mass is 291 g/mol. The van der Waals surface area contributed by atoms with Gasteiger partial charge in [0, 0.05) is 17.5 Å². The molecule has 0 saturated carbocycles. The molecule has 0 aliphatic rings. The van der Waals surface area contributed by atoms with Crippen LogP contribution in [0.5, 0.6) is 0 Å². The summed E-state index contributed by atoms with van der Waals surface area (Å²) in [5, 5.41) is 8.92. The molecule has 1 aromatic carbocycles. The lowest BCUT2D eigenvalue weighted by Crippen LogP contribution is -2.11. The number of nitrogens with zero attached hydrogens (tertiary/aromatic N) is 1. The average molecular weight is 292 g/mol. The first kappa shape index (κ1) is 13.9. The zero-order valence-corrected chi connectivity index (χ0v) is 12.1. The molecule has 0 radical (unpaired) electrons. The van der Waals surface area contributed by atoms with Gasteiger partial charge in [-0.3, -0.25) is 5.41 Å². The lowest BCUT2D eigenvalue weighted by molar-refractivity contribution is 1.13. The quantitative estimate of drug-likeness (QED) is 0.514. The number of nitrogens with one attached hydrogen (secondary N) is 1. The van der Waals surface area contributed by atoms with Crippen molar-refractivity contribution in [3.8, 4) is 0 Å². The third kappa shape index (κ3) is 3.49. The highest BCUT2D eigenvalue weighted by Gasteiger charge is 2.05. The van der Waals surface area contributed by atoms with E-state index in [-0.39, 0.29) is 5.84 Å². The molecule has 3 N–H and O–H groups in total. The topological polar surface area (TPSA) is 62.8 Å². The molecule has 0 bridgehead atoms. The summed E-state index contributed by atoms with van der Waals surface area (Å²) in [5.74, 6) is 0.885. The highest BCUT2D eigenvalue weighted by Crippen LogP contribution is 2.28. The van der Waals surface area contributed by atoms with Crippen molar-refractivity contribution in [3.63, 3.8) is 0 Å². The average Bonchev–Trinajstić information content (AvgIpc) is 2.39. The first-order valence-corrected chi connectivity index (χ1v) is 7.11. The predicted molar refractivity (Wildman–Crippen MR) is 81.0 cm³/mol. The minimum absolute atomic E-state index is 0.0927. The molecule has 1 aromatic heterocycles. The van der Waals surface area contributed by atoms with Crippen LogP contribution in [-0.4, -0.2) is 10.8 Å². The van der Waals surface area contributed by atoms with E-state index in [9.17, 15) is 0 Å². The number of nitrogen functional groups attached to an aromatic ring is 1. The molecule has 2 rings (SSSR count). The van der Waals surface area contributed by atoms with E-state index in [0.29, 0.717) is 5.02 Å². The number of nitrogens with two attached hydrogens (primary N) is 1. The Morgan fingerprint density at radius 1 is 1.42 bits per heavy atom. The minimum Gasteiger partial charge on any atom is -0.384 e. The molecule has 3 nitrogen and oxygen atoms in total. The Balaban J connectivity index is 2.12. The number of benzene rings is 1. The highest BCUT2D eigenvalue weighted by atomic mass is 35.5. The maximum atomic E-state index is 7.41. The minimum atomic E-state index is 0.0927. The third-order valence-corrected chi connectivity index (χ3v) is 4.21. The van der Waals surface area contributed by atoms with Gasteiger partial charge in [0.05, 0.1) is 5.02 Å². The van der Waals surface area contributed by atoms with Gasteiger partial charge < -0.3 is 5.73 Å². The van der Waals surface area contributed by atoms with Crippen LogP contribution >= 0.6 is 23.4 Å². The molecule has 0 aliphatic carbocycles. The van der Waals surface area contributed by atoms with Crippen LogP contribution in [0.1, 0.15) is 16.7 Å². The Bertz CT molecular complexity index is 613. The van der Waals surface area contributed by atoms with E-state index in [1.807, 2.05) is 37.3 Å². The van der Waals surface area contributed by atoms with E-state index in [1.54, 1.807) is 18.0 Å². The van der Waals surface area contributed by atoms with Crippen molar-refractivity contribution in [2.45, 2.75) is 17.7 Å². The maximum absolute atomic E-state index is 7.41. The number of thioether (sulfide) groups is 1. The van der Waals surface area contributed by atoms with Gasteiger partial charge in [0.25, 0.3) is 0 Å². The number of aryl methyl sites for hydroxylation is 1. The molecule has 0 fully saturated rings. The van der Waals surface area contributed by atoms with Crippen LogP contribution in [0.3, 0.4) is 0 Å². The summed E-state index contributed by atoms with van der Waals surface area (Å²) in [5.41, 5.74) is 8.53. The number of aromatic nitrogens is 1. The molecule has 2 aromatic rings. The van der Waals surface area contributed by atoms with Crippen LogP contribution in [-0.2, 0) is 5.75 Å². The smallest absolute Gasteiger partial charge is 0.122 e. The molecular formula is C14H14ClN3S. The van der Waals surface area contributed by atoms with Gasteiger partial charge >= 0.3 is 0 Å². The number of hydrogen-bond acceptors (Lipinski definition) is 3. The Labute approximate surface area is 121 Å². The Hall–Kier alpha value is -1.52. The van der Waals surface area contributed by atoms with Crippen LogP contribution in [0, 0.1) is 12.3 Å². The third-order valence-electron chi connectivity index (χ3n) is 2.74. The fraction of sp³-hybridized carbons (Fsp3) is 0.143. The van der Waals surface area contributed by atoms with E-state index in [2.05, 4.69) is 4.98 Å². The SMILES string of the molecule is Cc1cc(C(=N)N)ccc1CSc1ncccc1Cl. The van der Waals surface area contributed by atoms with Crippen molar-refractivity contribution in [3.05, 3.63) is 58.2 Å². The van der Waals surface area contributed by atoms with Gasteiger partial charge in [-0.15, -0.1) is 11.8 Å². The summed E-state index contributed by atoms with van der Waals surface area (Å²) in [6.07, 6.45) is 1.74. The van der Waals surface area contributed by atoms with Crippen LogP contribution in [0.2, 0.25) is 5.02 Å². The van der Waals surface area contributed by atoms with Gasteiger partial charge in [0.15, 0.2) is 0 Å². The van der Waals surface area contributed by atoms with Crippen molar-refractivity contribution >= 4 is 29.2 Å². The molecule has 0 atom stereocenters. The molecule has 0 amide bonds. The summed E-state index contributed by atoms with van der Waals surface area (Å²) in [7, 11) is 0. The number of pyridine rings is 1. The van der Waals surface area contributed by atoms with Gasteiger partial charge in [-0.05, 0) is 36.2 Å². The van der Waals surface area contributed by atoms with Crippen LogP contribution in [0.15, 0.2) is 41.6 Å². The van der Waals surface area contributed by atoms with E-state index >= 15 is 0 Å². The largest absolute Gasteiger partial charge is 0.384 e. The fourth-order valence-corrected chi connectivity index (χ4v) is 2.89. The number of amidine groups is 1. The lowest BCUT2D eigenvalue weighted by Gasteiger charge is -2.08. The zero-order chi connectivity index (χ0) is 13.8. The van der Waals surface area contributed by atoms with E-state index < -0.39 is 0 Å². The second-order valence-electron chi connectivity index (χ2n) is 4.13. The van der Waals surface area contributed by atoms with Crippen molar-refractivity contribution in [1.29, 1.82) is 5.41 Å². The summed E-state index contributed by atoms with van der Waals surface area (Å²) >= 11 is 7.67. The molecule has 0 aliphatic heterocycles. The zero-order valence-electron chi connectivity index (χ0n) is 10.5. The van der Waals surface area contributed by atoms with Crippen LogP contribution in [0.4, 0.5) is 0 Å². The molecule has 98 valence electrons. The molecule has 1 heterocycles. The predicted octanol–water partition coefficient (Wildman–Crippen LogP) is 3.62. The molecule has 0 saturated heterocycles. The standard InChI is InChI=1S/C14H14ClN3S/c1-9-7-10(13(16)17)4-5-11(9)8-19-14-12(15)3-2-6-18-14/h2-7H,8H2,1H3,(H3,16,17). The number of hydrogen-bond donors (Lipinski definition) is 2. The summed E-state index contributed by atoms with van der Waals surface area (Å²) in [6, 6.07) is 9.45. The number of rotatable bonds is 4. The van der Waals surface area contributed by atoms with E-state index in [0.717, 1.165) is 21.9 Å². The highest BCUT2D eigenvalue weighted by molar-refractivity contribution is 7.98. The molecule has 0 unspecified atom stereocenters. The first-order valence-electron chi connectivity index (χ1n) is 5.75. The summed E-state index contributed by atoms with van der Waals surface area (Å²) in [6.45, 7) is 2.02. The molecule has 5 heteroatoms. The molecular weight excluding hydrogens is 278 g/mol. The Kier molecular flexibility index (Phi) is 4.45. The lowest BCUT2D eigenvalue weighted by atomic mass is 10.1. The van der Waals surface area contributed by atoms with Crippen molar-refractivity contribution in [1.82, 2.24) is 4.98 Å². The normalized spacial score (nSPS) is 10.4. The Morgan fingerprint density at radius 3 is 2.84 bits per heavy atom. The van der Waals surface area contributed by atoms with Crippen LogP contribution in [0.25, 0.3) is 0 Å². The van der Waals surface area contributed by atoms with E-state index in [1.165, 1.54) is 5.56 Å². The second-order valence-corrected chi connectivity index (χ2v) is 5.51. The van der Waals surface area contributed by atoms with Gasteiger partial charge in [-0.2, -0.15) is 0 Å². The first-order chi connectivity index (χ1) is 9.08.